The van der Waals surface area contributed by atoms with Crippen LogP contribution < -0.4 is 5.32 Å². The number of aryl methyl sites for hydroxylation is 1. The van der Waals surface area contributed by atoms with Gasteiger partial charge in [0.15, 0.2) is 11.5 Å². The van der Waals surface area contributed by atoms with Gasteiger partial charge in [-0.1, -0.05) is 25.1 Å². The fourth-order valence-corrected chi connectivity index (χ4v) is 2.00. The summed E-state index contributed by atoms with van der Waals surface area (Å²) < 4.78 is 5.54. The van der Waals surface area contributed by atoms with E-state index in [1.54, 1.807) is 12.1 Å². The van der Waals surface area contributed by atoms with Crippen LogP contribution in [0.5, 0.6) is 0 Å². The number of oxazole rings is 1. The van der Waals surface area contributed by atoms with Gasteiger partial charge in [-0.05, 0) is 30.3 Å². The summed E-state index contributed by atoms with van der Waals surface area (Å²) in [6, 6.07) is 14.6. The van der Waals surface area contributed by atoms with Crippen LogP contribution >= 0.6 is 0 Å². The number of hydrogen-bond acceptors (Lipinski definition) is 3. The molecule has 4 nitrogen and oxygen atoms in total. The summed E-state index contributed by atoms with van der Waals surface area (Å²) in [5, 5.41) is 2.86. The first-order valence-electron chi connectivity index (χ1n) is 6.52. The SMILES string of the molecule is CCc1nc2cc(NC(=O)c3ccccc3)ccc2o1. The van der Waals surface area contributed by atoms with Crippen LogP contribution in [0.2, 0.25) is 0 Å². The topological polar surface area (TPSA) is 55.1 Å². The average Bonchev–Trinajstić information content (AvgIpc) is 2.90. The molecule has 3 rings (SSSR count). The summed E-state index contributed by atoms with van der Waals surface area (Å²) in [5.74, 6) is 0.565. The molecule has 0 aliphatic rings. The molecule has 1 N–H and O–H groups in total. The summed E-state index contributed by atoms with van der Waals surface area (Å²) in [4.78, 5) is 16.4. The number of nitrogens with one attached hydrogen (secondary N) is 1. The molecule has 3 aromatic rings. The molecule has 100 valence electrons. The van der Waals surface area contributed by atoms with Crippen molar-refractivity contribution in [2.75, 3.05) is 5.32 Å². The van der Waals surface area contributed by atoms with Gasteiger partial charge in [-0.2, -0.15) is 0 Å². The Bertz CT molecular complexity index is 748. The van der Waals surface area contributed by atoms with Crippen LogP contribution in [0.3, 0.4) is 0 Å². The molecular weight excluding hydrogens is 252 g/mol. The summed E-state index contributed by atoms with van der Waals surface area (Å²) >= 11 is 0. The van der Waals surface area contributed by atoms with Crippen molar-refractivity contribution in [1.29, 1.82) is 0 Å². The number of nitrogens with zero attached hydrogens (tertiary/aromatic N) is 1. The highest BCUT2D eigenvalue weighted by molar-refractivity contribution is 6.04. The monoisotopic (exact) mass is 266 g/mol. The fraction of sp³-hybridized carbons (Fsp3) is 0.125. The van der Waals surface area contributed by atoms with Gasteiger partial charge in [-0.3, -0.25) is 4.79 Å². The number of rotatable bonds is 3. The summed E-state index contributed by atoms with van der Waals surface area (Å²) in [6.45, 7) is 1.99. The second-order valence-corrected chi connectivity index (χ2v) is 4.46. The van der Waals surface area contributed by atoms with Gasteiger partial charge in [0.2, 0.25) is 0 Å². The molecule has 1 aromatic heterocycles. The predicted octanol–water partition coefficient (Wildman–Crippen LogP) is 3.64. The zero-order valence-corrected chi connectivity index (χ0v) is 11.1. The van der Waals surface area contributed by atoms with Gasteiger partial charge in [0.05, 0.1) is 0 Å². The van der Waals surface area contributed by atoms with Crippen LogP contribution in [0.25, 0.3) is 11.1 Å². The van der Waals surface area contributed by atoms with Crippen molar-refractivity contribution >= 4 is 22.7 Å². The Hall–Kier alpha value is -2.62. The maximum Gasteiger partial charge on any atom is 0.255 e. The van der Waals surface area contributed by atoms with Gasteiger partial charge in [0.1, 0.15) is 5.52 Å². The number of fused-ring (bicyclic) bond motifs is 1. The van der Waals surface area contributed by atoms with Crippen molar-refractivity contribution in [3.63, 3.8) is 0 Å². The zero-order chi connectivity index (χ0) is 13.9. The van der Waals surface area contributed by atoms with Crippen LogP contribution in [-0.4, -0.2) is 10.9 Å². The van der Waals surface area contributed by atoms with E-state index in [1.807, 2.05) is 43.3 Å². The molecule has 0 aliphatic carbocycles. The standard InChI is InChI=1S/C16H14N2O2/c1-2-15-18-13-10-12(8-9-14(13)20-15)17-16(19)11-6-4-3-5-7-11/h3-10H,2H2,1H3,(H,17,19). The molecule has 4 heteroatoms. The second-order valence-electron chi connectivity index (χ2n) is 4.46. The molecule has 0 bridgehead atoms. The summed E-state index contributed by atoms with van der Waals surface area (Å²) in [7, 11) is 0. The molecule has 0 unspecified atom stereocenters. The molecule has 20 heavy (non-hydrogen) atoms. The van der Waals surface area contributed by atoms with E-state index in [2.05, 4.69) is 10.3 Å². The van der Waals surface area contributed by atoms with E-state index < -0.39 is 0 Å². The number of aromatic nitrogens is 1. The minimum atomic E-state index is -0.135. The lowest BCUT2D eigenvalue weighted by Gasteiger charge is -2.04. The van der Waals surface area contributed by atoms with Gasteiger partial charge >= 0.3 is 0 Å². The Morgan fingerprint density at radius 2 is 2.00 bits per heavy atom. The van der Waals surface area contributed by atoms with Crippen LogP contribution in [0.1, 0.15) is 23.2 Å². The minimum Gasteiger partial charge on any atom is -0.441 e. The molecule has 0 saturated carbocycles. The smallest absolute Gasteiger partial charge is 0.255 e. The third-order valence-corrected chi connectivity index (χ3v) is 3.03. The lowest BCUT2D eigenvalue weighted by molar-refractivity contribution is 0.102. The normalized spacial score (nSPS) is 10.7. The Morgan fingerprint density at radius 3 is 2.75 bits per heavy atom. The van der Waals surface area contributed by atoms with Gasteiger partial charge in [0, 0.05) is 17.7 Å². The molecular formula is C16H14N2O2. The van der Waals surface area contributed by atoms with Crippen molar-refractivity contribution in [2.45, 2.75) is 13.3 Å². The maximum absolute atomic E-state index is 12.1. The van der Waals surface area contributed by atoms with Gasteiger partial charge in [-0.25, -0.2) is 4.98 Å². The molecule has 0 fully saturated rings. The van der Waals surface area contributed by atoms with Crippen molar-refractivity contribution in [1.82, 2.24) is 4.98 Å². The lowest BCUT2D eigenvalue weighted by Crippen LogP contribution is -2.11. The molecule has 0 aliphatic heterocycles. The van der Waals surface area contributed by atoms with E-state index in [0.717, 1.165) is 17.5 Å². The number of amides is 1. The zero-order valence-electron chi connectivity index (χ0n) is 11.1. The first-order valence-corrected chi connectivity index (χ1v) is 6.52. The molecule has 1 amide bonds. The van der Waals surface area contributed by atoms with Crippen molar-refractivity contribution in [3.05, 3.63) is 60.0 Å². The molecule has 1 heterocycles. The highest BCUT2D eigenvalue weighted by Gasteiger charge is 2.08. The first kappa shape index (κ1) is 12.4. The summed E-state index contributed by atoms with van der Waals surface area (Å²) in [5.41, 5.74) is 2.83. The van der Waals surface area contributed by atoms with E-state index in [0.29, 0.717) is 17.1 Å². The highest BCUT2D eigenvalue weighted by Crippen LogP contribution is 2.20. The second kappa shape index (κ2) is 5.17. The number of carbonyl (C=O) groups is 1. The largest absolute Gasteiger partial charge is 0.441 e. The average molecular weight is 266 g/mol. The molecule has 0 saturated heterocycles. The van der Waals surface area contributed by atoms with Crippen LogP contribution in [-0.2, 0) is 6.42 Å². The molecule has 0 radical (unpaired) electrons. The van der Waals surface area contributed by atoms with Gasteiger partial charge < -0.3 is 9.73 Å². The quantitative estimate of drug-likeness (QED) is 0.787. The number of anilines is 1. The summed E-state index contributed by atoms with van der Waals surface area (Å²) in [6.07, 6.45) is 0.750. The Labute approximate surface area is 116 Å². The first-order chi connectivity index (χ1) is 9.76. The predicted molar refractivity (Wildman–Crippen MR) is 77.8 cm³/mol. The molecule has 0 spiro atoms. The van der Waals surface area contributed by atoms with E-state index in [1.165, 1.54) is 0 Å². The number of benzene rings is 2. The van der Waals surface area contributed by atoms with E-state index in [-0.39, 0.29) is 5.91 Å². The number of hydrogen-bond donors (Lipinski definition) is 1. The van der Waals surface area contributed by atoms with E-state index >= 15 is 0 Å². The van der Waals surface area contributed by atoms with Gasteiger partial charge in [-0.15, -0.1) is 0 Å². The maximum atomic E-state index is 12.1. The fourth-order valence-electron chi connectivity index (χ4n) is 2.00. The van der Waals surface area contributed by atoms with Crippen LogP contribution in [0.15, 0.2) is 52.9 Å². The van der Waals surface area contributed by atoms with Crippen molar-refractivity contribution in [2.24, 2.45) is 0 Å². The highest BCUT2D eigenvalue weighted by atomic mass is 16.3. The van der Waals surface area contributed by atoms with Crippen molar-refractivity contribution in [3.8, 4) is 0 Å². The third kappa shape index (κ3) is 2.40. The van der Waals surface area contributed by atoms with Crippen LogP contribution in [0, 0.1) is 0 Å². The molecule has 2 aromatic carbocycles. The van der Waals surface area contributed by atoms with Crippen molar-refractivity contribution < 1.29 is 9.21 Å². The number of carbonyl (C=O) groups excluding carboxylic acids is 1. The Morgan fingerprint density at radius 1 is 1.20 bits per heavy atom. The molecule has 0 atom stereocenters. The third-order valence-electron chi connectivity index (χ3n) is 3.03. The van der Waals surface area contributed by atoms with E-state index in [9.17, 15) is 4.79 Å². The Kier molecular flexibility index (Phi) is 3.21. The lowest BCUT2D eigenvalue weighted by atomic mass is 10.2. The Balaban J connectivity index is 1.85. The van der Waals surface area contributed by atoms with Crippen LogP contribution in [0.4, 0.5) is 5.69 Å². The minimum absolute atomic E-state index is 0.135. The van der Waals surface area contributed by atoms with Gasteiger partial charge in [0.25, 0.3) is 5.91 Å². The van der Waals surface area contributed by atoms with E-state index in [4.69, 9.17) is 4.42 Å².